The number of aryl methyl sites for hydroxylation is 1. The van der Waals surface area contributed by atoms with Crippen molar-refractivity contribution in [2.24, 2.45) is 0 Å². The second kappa shape index (κ2) is 3.01. The number of carbonyl (C=O) groups is 1. The number of nitrogens with two attached hydrogens (primary N) is 1. The minimum atomic E-state index is -0.156. The third-order valence-electron chi connectivity index (χ3n) is 2.67. The molecule has 1 aliphatic rings. The lowest BCUT2D eigenvalue weighted by Crippen LogP contribution is -2.24. The second-order valence-electron chi connectivity index (χ2n) is 3.71. The van der Waals surface area contributed by atoms with E-state index in [1.165, 1.54) is 0 Å². The first-order chi connectivity index (χ1) is 6.59. The van der Waals surface area contributed by atoms with Crippen LogP contribution in [0.5, 0.6) is 0 Å². The molecule has 0 aromatic carbocycles. The van der Waals surface area contributed by atoms with Crippen LogP contribution in [0, 0.1) is 6.92 Å². The van der Waals surface area contributed by atoms with Gasteiger partial charge in [0, 0.05) is 19.8 Å². The maximum Gasteiger partial charge on any atom is 0.247 e. The van der Waals surface area contributed by atoms with E-state index >= 15 is 0 Å². The van der Waals surface area contributed by atoms with Gasteiger partial charge >= 0.3 is 0 Å². The summed E-state index contributed by atoms with van der Waals surface area (Å²) < 4.78 is 1.68. The zero-order chi connectivity index (χ0) is 10.3. The smallest absolute Gasteiger partial charge is 0.247 e. The fourth-order valence-electron chi connectivity index (χ4n) is 1.70. The summed E-state index contributed by atoms with van der Waals surface area (Å²) >= 11 is 0. The fraction of sp³-hybridized carbons (Fsp3) is 0.556. The van der Waals surface area contributed by atoms with Crippen LogP contribution < -0.4 is 5.73 Å². The maximum atomic E-state index is 11.7. The van der Waals surface area contributed by atoms with Gasteiger partial charge in [0.1, 0.15) is 6.04 Å². The molecule has 1 unspecified atom stereocenters. The van der Waals surface area contributed by atoms with Crippen molar-refractivity contribution in [1.29, 1.82) is 0 Å². The molecule has 5 heteroatoms. The van der Waals surface area contributed by atoms with Gasteiger partial charge in [-0.25, -0.2) is 0 Å². The number of hydrogen-bond donors (Lipinski definition) is 1. The summed E-state index contributed by atoms with van der Waals surface area (Å²) in [6.45, 7) is 2.64. The molecule has 2 heterocycles. The second-order valence-corrected chi connectivity index (χ2v) is 3.71. The Hall–Kier alpha value is -1.52. The molecule has 0 aliphatic carbocycles. The summed E-state index contributed by atoms with van der Waals surface area (Å²) in [6, 6.07) is -0.156. The number of amides is 1. The van der Waals surface area contributed by atoms with Crippen LogP contribution in [-0.2, 0) is 4.79 Å². The SMILES string of the molecule is Cc1nn(C2CCN(C)C2=O)cc1N. The molecule has 1 amide bonds. The van der Waals surface area contributed by atoms with Gasteiger partial charge in [-0.15, -0.1) is 0 Å². The van der Waals surface area contributed by atoms with Gasteiger partial charge in [0.25, 0.3) is 0 Å². The van der Waals surface area contributed by atoms with Gasteiger partial charge in [0.05, 0.1) is 11.4 Å². The van der Waals surface area contributed by atoms with Crippen LogP contribution in [0.4, 0.5) is 5.69 Å². The van der Waals surface area contributed by atoms with Gasteiger partial charge in [-0.1, -0.05) is 0 Å². The van der Waals surface area contributed by atoms with E-state index in [0.29, 0.717) is 5.69 Å². The molecule has 0 spiro atoms. The monoisotopic (exact) mass is 194 g/mol. The molecule has 0 saturated carbocycles. The summed E-state index contributed by atoms with van der Waals surface area (Å²) in [7, 11) is 1.81. The highest BCUT2D eigenvalue weighted by molar-refractivity contribution is 5.82. The Morgan fingerprint density at radius 2 is 2.36 bits per heavy atom. The topological polar surface area (TPSA) is 64.2 Å². The number of likely N-dealkylation sites (tertiary alicyclic amines) is 1. The van der Waals surface area contributed by atoms with Crippen molar-refractivity contribution in [3.05, 3.63) is 11.9 Å². The molecule has 0 bridgehead atoms. The van der Waals surface area contributed by atoms with Crippen LogP contribution in [0.25, 0.3) is 0 Å². The Morgan fingerprint density at radius 1 is 1.64 bits per heavy atom. The largest absolute Gasteiger partial charge is 0.396 e. The maximum absolute atomic E-state index is 11.7. The number of nitrogen functional groups attached to an aromatic ring is 1. The lowest BCUT2D eigenvalue weighted by atomic mass is 10.2. The number of hydrogen-bond acceptors (Lipinski definition) is 3. The molecule has 1 aromatic heterocycles. The van der Waals surface area contributed by atoms with Gasteiger partial charge in [-0.3, -0.25) is 9.48 Å². The molecular formula is C9H14N4O. The first kappa shape index (κ1) is 9.05. The zero-order valence-electron chi connectivity index (χ0n) is 8.40. The lowest BCUT2D eigenvalue weighted by Gasteiger charge is -2.09. The van der Waals surface area contributed by atoms with Crippen LogP contribution in [0.1, 0.15) is 18.2 Å². The van der Waals surface area contributed by atoms with Gasteiger partial charge < -0.3 is 10.6 Å². The molecule has 1 aromatic rings. The van der Waals surface area contributed by atoms with Crippen molar-refractivity contribution in [1.82, 2.24) is 14.7 Å². The third kappa shape index (κ3) is 1.25. The van der Waals surface area contributed by atoms with Gasteiger partial charge in [0.2, 0.25) is 5.91 Å². The molecule has 76 valence electrons. The van der Waals surface area contributed by atoms with Crippen LogP contribution in [-0.4, -0.2) is 34.2 Å². The van der Waals surface area contributed by atoms with E-state index in [0.717, 1.165) is 18.7 Å². The van der Waals surface area contributed by atoms with E-state index in [2.05, 4.69) is 5.10 Å². The number of likely N-dealkylation sites (N-methyl/N-ethyl adjacent to an activating group) is 1. The predicted octanol–water partition coefficient (Wildman–Crippen LogP) is 0.177. The average Bonchev–Trinajstić information content (AvgIpc) is 2.61. The summed E-state index contributed by atoms with van der Waals surface area (Å²) in [5, 5.41) is 4.22. The number of rotatable bonds is 1. The summed E-state index contributed by atoms with van der Waals surface area (Å²) in [4.78, 5) is 13.4. The number of anilines is 1. The molecule has 14 heavy (non-hydrogen) atoms. The Morgan fingerprint density at radius 3 is 2.79 bits per heavy atom. The molecule has 5 nitrogen and oxygen atoms in total. The van der Waals surface area contributed by atoms with E-state index in [4.69, 9.17) is 5.73 Å². The average molecular weight is 194 g/mol. The Balaban J connectivity index is 2.28. The van der Waals surface area contributed by atoms with E-state index in [9.17, 15) is 4.79 Å². The van der Waals surface area contributed by atoms with Crippen LogP contribution >= 0.6 is 0 Å². The van der Waals surface area contributed by atoms with Crippen molar-refractivity contribution in [2.75, 3.05) is 19.3 Å². The predicted molar refractivity (Wildman–Crippen MR) is 52.7 cm³/mol. The number of aromatic nitrogens is 2. The van der Waals surface area contributed by atoms with Gasteiger partial charge in [-0.2, -0.15) is 5.10 Å². The normalized spacial score (nSPS) is 22.0. The summed E-state index contributed by atoms with van der Waals surface area (Å²) in [5.74, 6) is 0.118. The molecule has 2 rings (SSSR count). The molecule has 1 fully saturated rings. The van der Waals surface area contributed by atoms with Crippen molar-refractivity contribution < 1.29 is 4.79 Å². The molecule has 1 aliphatic heterocycles. The molecule has 1 atom stereocenters. The number of nitrogens with zero attached hydrogens (tertiary/aromatic N) is 3. The van der Waals surface area contributed by atoms with Crippen LogP contribution in [0.3, 0.4) is 0 Å². The highest BCUT2D eigenvalue weighted by Gasteiger charge is 2.31. The van der Waals surface area contributed by atoms with Crippen LogP contribution in [0.2, 0.25) is 0 Å². The minimum absolute atomic E-state index is 0.118. The highest BCUT2D eigenvalue weighted by atomic mass is 16.2. The van der Waals surface area contributed by atoms with Gasteiger partial charge in [-0.05, 0) is 13.3 Å². The van der Waals surface area contributed by atoms with Crippen molar-refractivity contribution in [2.45, 2.75) is 19.4 Å². The lowest BCUT2D eigenvalue weighted by molar-refractivity contribution is -0.129. The Labute approximate surface area is 82.5 Å². The van der Waals surface area contributed by atoms with E-state index in [1.54, 1.807) is 15.8 Å². The van der Waals surface area contributed by atoms with Gasteiger partial charge in [0.15, 0.2) is 0 Å². The summed E-state index contributed by atoms with van der Waals surface area (Å²) in [5.41, 5.74) is 7.11. The Kier molecular flexibility index (Phi) is 1.94. The molecular weight excluding hydrogens is 180 g/mol. The minimum Gasteiger partial charge on any atom is -0.396 e. The molecule has 0 radical (unpaired) electrons. The Bertz CT molecular complexity index is 351. The first-order valence-electron chi connectivity index (χ1n) is 4.66. The number of carbonyl (C=O) groups excluding carboxylic acids is 1. The van der Waals surface area contributed by atoms with Crippen molar-refractivity contribution in [3.63, 3.8) is 0 Å². The van der Waals surface area contributed by atoms with E-state index in [1.807, 2.05) is 14.0 Å². The van der Waals surface area contributed by atoms with E-state index in [-0.39, 0.29) is 11.9 Å². The van der Waals surface area contributed by atoms with E-state index < -0.39 is 0 Å². The first-order valence-corrected chi connectivity index (χ1v) is 4.66. The fourth-order valence-corrected chi connectivity index (χ4v) is 1.70. The zero-order valence-corrected chi connectivity index (χ0v) is 8.40. The third-order valence-corrected chi connectivity index (χ3v) is 2.67. The standard InChI is InChI=1S/C9H14N4O/c1-6-7(10)5-13(11-6)8-3-4-12(2)9(8)14/h5,8H,3-4,10H2,1-2H3. The highest BCUT2D eigenvalue weighted by Crippen LogP contribution is 2.22. The molecule has 1 saturated heterocycles. The van der Waals surface area contributed by atoms with Crippen molar-refractivity contribution >= 4 is 11.6 Å². The van der Waals surface area contributed by atoms with Crippen LogP contribution in [0.15, 0.2) is 6.20 Å². The quantitative estimate of drug-likeness (QED) is 0.693. The summed E-state index contributed by atoms with van der Waals surface area (Å²) in [6.07, 6.45) is 2.55. The molecule has 2 N–H and O–H groups in total. The van der Waals surface area contributed by atoms with Crippen molar-refractivity contribution in [3.8, 4) is 0 Å².